The third kappa shape index (κ3) is 5.70. The number of rotatable bonds is 10. The summed E-state index contributed by atoms with van der Waals surface area (Å²) >= 11 is 1.29. The zero-order valence-electron chi connectivity index (χ0n) is 17.4. The summed E-state index contributed by atoms with van der Waals surface area (Å²) in [6, 6.07) is 15.3. The first-order valence-electron chi connectivity index (χ1n) is 10.1. The van der Waals surface area contributed by atoms with Gasteiger partial charge in [-0.15, -0.1) is 0 Å². The quantitative estimate of drug-likeness (QED) is 0.306. The number of nitrogens with zero attached hydrogens (tertiary/aromatic N) is 2. The maximum Gasteiger partial charge on any atom is 0.262 e. The monoisotopic (exact) mass is 425 g/mol. The second kappa shape index (κ2) is 10.9. The third-order valence-corrected chi connectivity index (χ3v) is 5.75. The zero-order valence-corrected chi connectivity index (χ0v) is 18.2. The molecule has 0 fully saturated rings. The van der Waals surface area contributed by atoms with Crippen molar-refractivity contribution in [3.05, 3.63) is 70.0 Å². The normalized spacial score (nSPS) is 11.0. The molecule has 3 rings (SSSR count). The molecule has 2 aromatic carbocycles. The van der Waals surface area contributed by atoms with Gasteiger partial charge in [0.15, 0.2) is 5.16 Å². The summed E-state index contributed by atoms with van der Waals surface area (Å²) in [4.78, 5) is 30.0. The molecule has 0 bridgehead atoms. The Morgan fingerprint density at radius 1 is 1.17 bits per heavy atom. The summed E-state index contributed by atoms with van der Waals surface area (Å²) in [7, 11) is 0. The summed E-state index contributed by atoms with van der Waals surface area (Å²) in [5.74, 6) is 0.105. The fraction of sp³-hybridized carbons (Fsp3) is 0.348. The highest BCUT2D eigenvalue weighted by atomic mass is 32.2. The minimum absolute atomic E-state index is 0.0834. The van der Waals surface area contributed by atoms with Crippen LogP contribution in [0.3, 0.4) is 0 Å². The van der Waals surface area contributed by atoms with Crippen molar-refractivity contribution in [2.24, 2.45) is 0 Å². The van der Waals surface area contributed by atoms with Gasteiger partial charge in [0, 0.05) is 26.3 Å². The molecule has 0 unspecified atom stereocenters. The molecule has 1 heterocycles. The number of carbonyl (C=O) groups is 1. The molecule has 1 aromatic heterocycles. The molecule has 0 atom stereocenters. The number of thioether (sulfide) groups is 1. The van der Waals surface area contributed by atoms with Crippen LogP contribution in [0.4, 0.5) is 0 Å². The Hall–Kier alpha value is -2.64. The van der Waals surface area contributed by atoms with E-state index in [1.807, 2.05) is 56.3 Å². The lowest BCUT2D eigenvalue weighted by Gasteiger charge is -2.13. The molecule has 0 radical (unpaired) electrons. The van der Waals surface area contributed by atoms with Gasteiger partial charge in [-0.25, -0.2) is 4.98 Å². The molecule has 7 heteroatoms. The standard InChI is InChI=1S/C23H27N3O3S/c1-3-29-14-8-13-26-22(28)19-11-6-7-12-20(19)25-23(26)30-16-21(27)24-15-18-10-5-4-9-17(18)2/h4-7,9-12H,3,8,13-16H2,1-2H3,(H,24,27). The van der Waals surface area contributed by atoms with Crippen molar-refractivity contribution in [2.45, 2.75) is 38.5 Å². The van der Waals surface area contributed by atoms with Crippen molar-refractivity contribution in [3.63, 3.8) is 0 Å². The van der Waals surface area contributed by atoms with Gasteiger partial charge in [0.05, 0.1) is 16.7 Å². The van der Waals surface area contributed by atoms with Crippen LogP contribution >= 0.6 is 11.8 Å². The van der Waals surface area contributed by atoms with Crippen LogP contribution in [0.2, 0.25) is 0 Å². The summed E-state index contributed by atoms with van der Waals surface area (Å²) in [6.45, 7) is 6.18. The molecular weight excluding hydrogens is 398 g/mol. The largest absolute Gasteiger partial charge is 0.382 e. The molecular formula is C23H27N3O3S. The lowest BCUT2D eigenvalue weighted by molar-refractivity contribution is -0.118. The minimum atomic E-state index is -0.0912. The molecule has 1 amide bonds. The number of hydrogen-bond acceptors (Lipinski definition) is 5. The van der Waals surface area contributed by atoms with Crippen LogP contribution in [-0.4, -0.2) is 34.4 Å². The van der Waals surface area contributed by atoms with Gasteiger partial charge in [-0.3, -0.25) is 14.2 Å². The molecule has 0 aliphatic carbocycles. The lowest BCUT2D eigenvalue weighted by atomic mass is 10.1. The molecule has 0 saturated carbocycles. The van der Waals surface area contributed by atoms with Crippen molar-refractivity contribution in [2.75, 3.05) is 19.0 Å². The minimum Gasteiger partial charge on any atom is -0.382 e. The van der Waals surface area contributed by atoms with E-state index in [2.05, 4.69) is 10.3 Å². The van der Waals surface area contributed by atoms with Crippen molar-refractivity contribution in [1.29, 1.82) is 0 Å². The molecule has 30 heavy (non-hydrogen) atoms. The number of aromatic nitrogens is 2. The molecule has 0 spiro atoms. The van der Waals surface area contributed by atoms with Gasteiger partial charge < -0.3 is 10.1 Å². The van der Waals surface area contributed by atoms with Crippen LogP contribution in [0.1, 0.15) is 24.5 Å². The first-order valence-corrected chi connectivity index (χ1v) is 11.1. The van der Waals surface area contributed by atoms with Gasteiger partial charge in [0.1, 0.15) is 0 Å². The van der Waals surface area contributed by atoms with E-state index in [9.17, 15) is 9.59 Å². The SMILES string of the molecule is CCOCCCn1c(SCC(=O)NCc2ccccc2C)nc2ccccc2c1=O. The molecule has 158 valence electrons. The third-order valence-electron chi connectivity index (χ3n) is 4.77. The average molecular weight is 426 g/mol. The molecule has 1 N–H and O–H groups in total. The summed E-state index contributed by atoms with van der Waals surface area (Å²) in [6.07, 6.45) is 0.709. The second-order valence-corrected chi connectivity index (χ2v) is 7.85. The molecule has 0 aliphatic heterocycles. The van der Waals surface area contributed by atoms with Crippen LogP contribution in [-0.2, 0) is 22.6 Å². The Kier molecular flexibility index (Phi) is 8.04. The van der Waals surface area contributed by atoms with E-state index in [1.165, 1.54) is 11.8 Å². The van der Waals surface area contributed by atoms with Gasteiger partial charge in [0.25, 0.3) is 5.56 Å². The Morgan fingerprint density at radius 2 is 1.93 bits per heavy atom. The fourth-order valence-corrected chi connectivity index (χ4v) is 3.96. The lowest BCUT2D eigenvalue weighted by Crippen LogP contribution is -2.27. The van der Waals surface area contributed by atoms with Gasteiger partial charge in [-0.2, -0.15) is 0 Å². The Morgan fingerprint density at radius 3 is 2.73 bits per heavy atom. The van der Waals surface area contributed by atoms with E-state index in [-0.39, 0.29) is 17.2 Å². The average Bonchev–Trinajstić information content (AvgIpc) is 2.76. The number of fused-ring (bicyclic) bond motifs is 1. The van der Waals surface area contributed by atoms with Crippen LogP contribution < -0.4 is 10.9 Å². The van der Waals surface area contributed by atoms with E-state index >= 15 is 0 Å². The maximum atomic E-state index is 13.0. The zero-order chi connectivity index (χ0) is 21.3. The predicted octanol–water partition coefficient (Wildman–Crippen LogP) is 3.54. The second-order valence-electron chi connectivity index (χ2n) is 6.91. The van der Waals surface area contributed by atoms with Crippen LogP contribution in [0.25, 0.3) is 10.9 Å². The van der Waals surface area contributed by atoms with Crippen molar-refractivity contribution >= 4 is 28.6 Å². The highest BCUT2D eigenvalue weighted by Gasteiger charge is 2.13. The van der Waals surface area contributed by atoms with Gasteiger partial charge >= 0.3 is 0 Å². The first-order chi connectivity index (χ1) is 14.6. The van der Waals surface area contributed by atoms with Gasteiger partial charge in [-0.1, -0.05) is 48.2 Å². The number of para-hydroxylation sites is 1. The Balaban J connectivity index is 1.71. The topological polar surface area (TPSA) is 73.2 Å². The highest BCUT2D eigenvalue weighted by molar-refractivity contribution is 7.99. The Labute approximate surface area is 180 Å². The number of hydrogen-bond donors (Lipinski definition) is 1. The fourth-order valence-electron chi connectivity index (χ4n) is 3.11. The van der Waals surface area contributed by atoms with Gasteiger partial charge in [-0.05, 0) is 43.5 Å². The molecule has 0 aliphatic rings. The van der Waals surface area contributed by atoms with E-state index in [0.717, 1.165) is 11.1 Å². The molecule has 0 saturated heterocycles. The smallest absolute Gasteiger partial charge is 0.262 e. The maximum absolute atomic E-state index is 13.0. The molecule has 6 nitrogen and oxygen atoms in total. The Bertz CT molecular complexity index is 1060. The van der Waals surface area contributed by atoms with E-state index in [1.54, 1.807) is 10.6 Å². The first kappa shape index (κ1) is 22.1. The van der Waals surface area contributed by atoms with Crippen LogP contribution in [0, 0.1) is 6.92 Å². The van der Waals surface area contributed by atoms with Crippen molar-refractivity contribution in [1.82, 2.24) is 14.9 Å². The number of aryl methyl sites for hydroxylation is 1. The van der Waals surface area contributed by atoms with Crippen LogP contribution in [0.15, 0.2) is 58.5 Å². The van der Waals surface area contributed by atoms with E-state index in [4.69, 9.17) is 4.74 Å². The van der Waals surface area contributed by atoms with E-state index in [0.29, 0.717) is 48.8 Å². The van der Waals surface area contributed by atoms with E-state index < -0.39 is 0 Å². The molecule has 3 aromatic rings. The number of ether oxygens (including phenoxy) is 1. The van der Waals surface area contributed by atoms with Crippen molar-refractivity contribution < 1.29 is 9.53 Å². The number of benzene rings is 2. The number of carbonyl (C=O) groups excluding carboxylic acids is 1. The van der Waals surface area contributed by atoms with Gasteiger partial charge in [0.2, 0.25) is 5.91 Å². The van der Waals surface area contributed by atoms with Crippen LogP contribution in [0.5, 0.6) is 0 Å². The predicted molar refractivity (Wildman–Crippen MR) is 121 cm³/mol. The number of amides is 1. The summed E-state index contributed by atoms with van der Waals surface area (Å²) < 4.78 is 7.05. The summed E-state index contributed by atoms with van der Waals surface area (Å²) in [5, 5.41) is 4.09. The summed E-state index contributed by atoms with van der Waals surface area (Å²) in [5.41, 5.74) is 2.79. The number of nitrogens with one attached hydrogen (secondary N) is 1. The highest BCUT2D eigenvalue weighted by Crippen LogP contribution is 2.18. The van der Waals surface area contributed by atoms with Crippen molar-refractivity contribution in [3.8, 4) is 0 Å².